The van der Waals surface area contributed by atoms with Crippen molar-refractivity contribution in [3.63, 3.8) is 0 Å². The first kappa shape index (κ1) is 14.3. The van der Waals surface area contributed by atoms with Gasteiger partial charge in [0.25, 0.3) is 5.91 Å². The lowest BCUT2D eigenvalue weighted by atomic mass is 10.2. The van der Waals surface area contributed by atoms with Crippen LogP contribution in [0.3, 0.4) is 0 Å². The molecule has 1 aromatic heterocycles. The third kappa shape index (κ3) is 2.91. The molecule has 0 spiro atoms. The molecule has 0 bridgehead atoms. The predicted octanol–water partition coefficient (Wildman–Crippen LogP) is 2.31. The zero-order valence-corrected chi connectivity index (χ0v) is 12.7. The van der Waals surface area contributed by atoms with E-state index in [1.807, 2.05) is 30.3 Å². The number of carbonyl (C=O) groups is 1. The molecular weight excluding hydrogens is 308 g/mol. The highest BCUT2D eigenvalue weighted by Crippen LogP contribution is 2.32. The minimum atomic E-state index is -0.300. The lowest BCUT2D eigenvalue weighted by Gasteiger charge is -2.03. The summed E-state index contributed by atoms with van der Waals surface area (Å²) in [6, 6.07) is 14.9. The zero-order chi connectivity index (χ0) is 16.4. The average molecular weight is 322 g/mol. The summed E-state index contributed by atoms with van der Waals surface area (Å²) in [6.45, 7) is 0.763. The maximum absolute atomic E-state index is 12.3. The lowest BCUT2D eigenvalue weighted by Crippen LogP contribution is -2.13. The van der Waals surface area contributed by atoms with Crippen LogP contribution in [-0.4, -0.2) is 27.5 Å². The highest BCUT2D eigenvalue weighted by Gasteiger charge is 2.17. The summed E-state index contributed by atoms with van der Waals surface area (Å²) < 4.78 is 12.2. The quantitative estimate of drug-likeness (QED) is 0.797. The van der Waals surface area contributed by atoms with Crippen LogP contribution in [0.2, 0.25) is 0 Å². The van der Waals surface area contributed by atoms with Gasteiger partial charge in [0.2, 0.25) is 12.7 Å². The number of hydrogen-bond acceptors (Lipinski definition) is 5. The molecule has 1 aliphatic heterocycles. The highest BCUT2D eigenvalue weighted by molar-refractivity contribution is 6.03. The number of carbonyl (C=O) groups excluding carboxylic acids is 1. The predicted molar refractivity (Wildman–Crippen MR) is 86.1 cm³/mol. The minimum absolute atomic E-state index is 0.172. The van der Waals surface area contributed by atoms with Crippen molar-refractivity contribution >= 4 is 11.9 Å². The fraction of sp³-hybridized carbons (Fsp3) is 0.118. The topological polar surface area (TPSA) is 78.3 Å². The van der Waals surface area contributed by atoms with Gasteiger partial charge in [0.15, 0.2) is 11.5 Å². The molecule has 7 nitrogen and oxygen atoms in total. The van der Waals surface area contributed by atoms with Gasteiger partial charge in [0.1, 0.15) is 6.33 Å². The van der Waals surface area contributed by atoms with Crippen molar-refractivity contribution in [3.05, 3.63) is 66.0 Å². The second-order valence-electron chi connectivity index (χ2n) is 5.27. The summed E-state index contributed by atoms with van der Waals surface area (Å²) in [5.41, 5.74) is 1.56. The zero-order valence-electron chi connectivity index (χ0n) is 12.7. The molecule has 24 heavy (non-hydrogen) atoms. The summed E-state index contributed by atoms with van der Waals surface area (Å²) in [5, 5.41) is 6.94. The number of amides is 1. The molecule has 0 atom stereocenters. The number of fused-ring (bicyclic) bond motifs is 1. The summed E-state index contributed by atoms with van der Waals surface area (Å²) in [7, 11) is 0. The first-order chi connectivity index (χ1) is 11.8. The fourth-order valence-corrected chi connectivity index (χ4v) is 2.41. The number of benzene rings is 2. The van der Waals surface area contributed by atoms with E-state index >= 15 is 0 Å². The van der Waals surface area contributed by atoms with Gasteiger partial charge in [-0.2, -0.15) is 0 Å². The number of nitrogens with one attached hydrogen (secondary N) is 1. The van der Waals surface area contributed by atoms with Gasteiger partial charge in [-0.1, -0.05) is 30.3 Å². The Bertz CT molecular complexity index is 877. The van der Waals surface area contributed by atoms with E-state index in [0.29, 0.717) is 23.6 Å². The van der Waals surface area contributed by atoms with E-state index in [2.05, 4.69) is 15.4 Å². The van der Waals surface area contributed by atoms with E-state index < -0.39 is 0 Å². The number of rotatable bonds is 4. The molecule has 1 aliphatic rings. The molecule has 2 aromatic carbocycles. The molecule has 1 amide bonds. The van der Waals surface area contributed by atoms with Crippen molar-refractivity contribution in [2.24, 2.45) is 0 Å². The van der Waals surface area contributed by atoms with Crippen molar-refractivity contribution in [1.82, 2.24) is 14.8 Å². The first-order valence-electron chi connectivity index (χ1n) is 7.42. The molecule has 0 saturated heterocycles. The van der Waals surface area contributed by atoms with Crippen LogP contribution in [0, 0.1) is 0 Å². The standard InChI is InChI=1S/C17H14N4O3/c22-16(13-6-7-14-15(8-13)24-11-23-14)19-17-18-10-21(20-17)9-12-4-2-1-3-5-12/h1-8,10H,9,11H2,(H,19,20,22). The SMILES string of the molecule is O=C(Nc1ncn(Cc2ccccc2)n1)c1ccc2c(c1)OCO2. The summed E-state index contributed by atoms with van der Waals surface area (Å²) in [6.07, 6.45) is 1.59. The molecule has 0 fully saturated rings. The molecule has 4 rings (SSSR count). The molecule has 0 unspecified atom stereocenters. The molecule has 3 aromatic rings. The van der Waals surface area contributed by atoms with Gasteiger partial charge in [0.05, 0.1) is 6.54 Å². The molecule has 0 radical (unpaired) electrons. The normalized spacial score (nSPS) is 12.2. The third-order valence-corrected chi connectivity index (χ3v) is 3.58. The second-order valence-corrected chi connectivity index (χ2v) is 5.27. The van der Waals surface area contributed by atoms with E-state index in [1.165, 1.54) is 0 Å². The molecule has 2 heterocycles. The van der Waals surface area contributed by atoms with Crippen LogP contribution in [0.15, 0.2) is 54.9 Å². The maximum atomic E-state index is 12.3. The number of nitrogens with zero attached hydrogens (tertiary/aromatic N) is 3. The summed E-state index contributed by atoms with van der Waals surface area (Å²) in [5.74, 6) is 1.15. The van der Waals surface area contributed by atoms with Crippen LogP contribution in [0.1, 0.15) is 15.9 Å². The molecule has 0 saturated carbocycles. The van der Waals surface area contributed by atoms with Crippen LogP contribution in [-0.2, 0) is 6.54 Å². The smallest absolute Gasteiger partial charge is 0.258 e. The number of hydrogen-bond donors (Lipinski definition) is 1. The van der Waals surface area contributed by atoms with Crippen molar-refractivity contribution in [2.45, 2.75) is 6.54 Å². The Morgan fingerprint density at radius 3 is 2.83 bits per heavy atom. The minimum Gasteiger partial charge on any atom is -0.454 e. The summed E-state index contributed by atoms with van der Waals surface area (Å²) >= 11 is 0. The Morgan fingerprint density at radius 2 is 1.96 bits per heavy atom. The first-order valence-corrected chi connectivity index (χ1v) is 7.42. The van der Waals surface area contributed by atoms with Crippen molar-refractivity contribution in [1.29, 1.82) is 0 Å². The van der Waals surface area contributed by atoms with Gasteiger partial charge in [-0.05, 0) is 23.8 Å². The van der Waals surface area contributed by atoms with Crippen molar-refractivity contribution < 1.29 is 14.3 Å². The molecule has 1 N–H and O–H groups in total. The Hall–Kier alpha value is -3.35. The molecule has 7 heteroatoms. The molecular formula is C17H14N4O3. The number of ether oxygens (including phenoxy) is 2. The third-order valence-electron chi connectivity index (χ3n) is 3.58. The van der Waals surface area contributed by atoms with Crippen LogP contribution < -0.4 is 14.8 Å². The van der Waals surface area contributed by atoms with E-state index in [1.54, 1.807) is 29.2 Å². The van der Waals surface area contributed by atoms with Crippen LogP contribution in [0.25, 0.3) is 0 Å². The van der Waals surface area contributed by atoms with Gasteiger partial charge < -0.3 is 9.47 Å². The second kappa shape index (κ2) is 6.04. The molecule has 0 aliphatic carbocycles. The Balaban J connectivity index is 1.45. The van der Waals surface area contributed by atoms with Gasteiger partial charge in [-0.15, -0.1) is 5.10 Å². The lowest BCUT2D eigenvalue weighted by molar-refractivity contribution is 0.102. The highest BCUT2D eigenvalue weighted by atomic mass is 16.7. The fourth-order valence-electron chi connectivity index (χ4n) is 2.41. The van der Waals surface area contributed by atoms with E-state index in [-0.39, 0.29) is 18.6 Å². The Morgan fingerprint density at radius 1 is 1.12 bits per heavy atom. The molecule has 120 valence electrons. The van der Waals surface area contributed by atoms with Crippen molar-refractivity contribution in [3.8, 4) is 11.5 Å². The van der Waals surface area contributed by atoms with Gasteiger partial charge in [0, 0.05) is 5.56 Å². The largest absolute Gasteiger partial charge is 0.454 e. The van der Waals surface area contributed by atoms with E-state index in [0.717, 1.165) is 5.56 Å². The van der Waals surface area contributed by atoms with Crippen LogP contribution >= 0.6 is 0 Å². The van der Waals surface area contributed by atoms with Gasteiger partial charge in [-0.25, -0.2) is 9.67 Å². The maximum Gasteiger partial charge on any atom is 0.258 e. The van der Waals surface area contributed by atoms with Crippen molar-refractivity contribution in [2.75, 3.05) is 12.1 Å². The van der Waals surface area contributed by atoms with Crippen LogP contribution in [0.4, 0.5) is 5.95 Å². The van der Waals surface area contributed by atoms with E-state index in [4.69, 9.17) is 9.47 Å². The monoisotopic (exact) mass is 322 g/mol. The van der Waals surface area contributed by atoms with Gasteiger partial charge >= 0.3 is 0 Å². The van der Waals surface area contributed by atoms with Crippen LogP contribution in [0.5, 0.6) is 11.5 Å². The van der Waals surface area contributed by atoms with Gasteiger partial charge in [-0.3, -0.25) is 10.1 Å². The number of anilines is 1. The Kier molecular flexibility index (Phi) is 3.59. The number of aromatic nitrogens is 3. The van der Waals surface area contributed by atoms with E-state index in [9.17, 15) is 4.79 Å². The summed E-state index contributed by atoms with van der Waals surface area (Å²) in [4.78, 5) is 16.4. The Labute approximate surface area is 137 Å². The average Bonchev–Trinajstić information content (AvgIpc) is 3.24.